The van der Waals surface area contributed by atoms with Crippen molar-refractivity contribution in [3.05, 3.63) is 23.8 Å². The molecule has 0 aliphatic rings. The molecule has 4 N–H and O–H groups in total. The van der Waals surface area contributed by atoms with E-state index in [1.54, 1.807) is 19.1 Å². The van der Waals surface area contributed by atoms with Crippen LogP contribution in [-0.2, 0) is 14.8 Å². The van der Waals surface area contributed by atoms with Gasteiger partial charge < -0.3 is 11.1 Å². The largest absolute Gasteiger partial charge is 0.324 e. The molecular formula is C14H23N3O3S. The van der Waals surface area contributed by atoms with Gasteiger partial charge in [0.1, 0.15) is 0 Å². The van der Waals surface area contributed by atoms with Gasteiger partial charge in [0.05, 0.1) is 10.9 Å². The standard InChI is InChI=1S/C14H23N3O3S/c1-9(2)8-11(15)14(18)17-12-6-5-7-13(10(12)3)21(19,20)16-4/h5-7,9,11,16H,8,15H2,1-4H3,(H,17,18)/t11-/m0/s1. The number of hydrogen-bond donors (Lipinski definition) is 3. The van der Waals surface area contributed by atoms with Crippen LogP contribution < -0.4 is 15.8 Å². The number of carbonyl (C=O) groups excluding carboxylic acids is 1. The molecule has 0 saturated heterocycles. The molecule has 1 aromatic rings. The Balaban J connectivity index is 3.01. The number of benzene rings is 1. The van der Waals surface area contributed by atoms with Gasteiger partial charge in [-0.25, -0.2) is 13.1 Å². The number of rotatable bonds is 6. The van der Waals surface area contributed by atoms with Gasteiger partial charge in [0, 0.05) is 5.69 Å². The maximum Gasteiger partial charge on any atom is 0.241 e. The minimum absolute atomic E-state index is 0.139. The van der Waals surface area contributed by atoms with Crippen LogP contribution in [0.1, 0.15) is 25.8 Å². The third-order valence-electron chi connectivity index (χ3n) is 3.16. The molecule has 1 amide bonds. The fraction of sp³-hybridized carbons (Fsp3) is 0.500. The third kappa shape index (κ3) is 4.52. The van der Waals surface area contributed by atoms with Gasteiger partial charge in [0.15, 0.2) is 0 Å². The van der Waals surface area contributed by atoms with Crippen molar-refractivity contribution in [3.8, 4) is 0 Å². The normalized spacial score (nSPS) is 13.2. The first-order valence-corrected chi connectivity index (χ1v) is 8.27. The van der Waals surface area contributed by atoms with E-state index in [1.165, 1.54) is 13.1 Å². The molecule has 1 rings (SSSR count). The van der Waals surface area contributed by atoms with Crippen LogP contribution in [0.2, 0.25) is 0 Å². The predicted molar refractivity (Wildman–Crippen MR) is 83.5 cm³/mol. The summed E-state index contributed by atoms with van der Waals surface area (Å²) in [7, 11) is -2.21. The average molecular weight is 313 g/mol. The van der Waals surface area contributed by atoms with Gasteiger partial charge in [0.2, 0.25) is 15.9 Å². The lowest BCUT2D eigenvalue weighted by atomic mass is 10.0. The summed E-state index contributed by atoms with van der Waals surface area (Å²) in [6.07, 6.45) is 0.569. The van der Waals surface area contributed by atoms with Crippen molar-refractivity contribution < 1.29 is 13.2 Å². The topological polar surface area (TPSA) is 101 Å². The molecule has 0 spiro atoms. The molecule has 0 saturated carbocycles. The zero-order chi connectivity index (χ0) is 16.2. The summed E-state index contributed by atoms with van der Waals surface area (Å²) in [5.41, 5.74) is 6.76. The molecule has 0 aliphatic carbocycles. The lowest BCUT2D eigenvalue weighted by molar-refractivity contribution is -0.117. The number of nitrogens with one attached hydrogen (secondary N) is 2. The van der Waals surface area contributed by atoms with Crippen molar-refractivity contribution in [1.82, 2.24) is 4.72 Å². The second kappa shape index (κ2) is 7.02. The fourth-order valence-electron chi connectivity index (χ4n) is 1.99. The average Bonchev–Trinajstić information content (AvgIpc) is 2.40. The minimum Gasteiger partial charge on any atom is -0.324 e. The van der Waals surface area contributed by atoms with Gasteiger partial charge >= 0.3 is 0 Å². The zero-order valence-corrected chi connectivity index (χ0v) is 13.6. The molecule has 0 unspecified atom stereocenters. The van der Waals surface area contributed by atoms with Crippen LogP contribution in [0.3, 0.4) is 0 Å². The van der Waals surface area contributed by atoms with Crippen molar-refractivity contribution in [2.45, 2.75) is 38.1 Å². The highest BCUT2D eigenvalue weighted by Crippen LogP contribution is 2.23. The Bertz CT molecular complexity index is 612. The van der Waals surface area contributed by atoms with Crippen LogP contribution in [0.5, 0.6) is 0 Å². The first kappa shape index (κ1) is 17.6. The first-order valence-electron chi connectivity index (χ1n) is 6.78. The number of nitrogens with two attached hydrogens (primary N) is 1. The number of amides is 1. The van der Waals surface area contributed by atoms with Gasteiger partial charge in [-0.1, -0.05) is 19.9 Å². The molecule has 1 aromatic carbocycles. The summed E-state index contributed by atoms with van der Waals surface area (Å²) in [6.45, 7) is 5.62. The second-order valence-corrected chi connectivity index (χ2v) is 7.22. The summed E-state index contributed by atoms with van der Waals surface area (Å²) in [6, 6.07) is 4.12. The summed E-state index contributed by atoms with van der Waals surface area (Å²) < 4.78 is 26.0. The molecule has 0 fully saturated rings. The maximum atomic E-state index is 12.0. The van der Waals surface area contributed by atoms with Crippen LogP contribution >= 0.6 is 0 Å². The Morgan fingerprint density at radius 3 is 2.48 bits per heavy atom. The van der Waals surface area contributed by atoms with E-state index in [0.717, 1.165) is 0 Å². The SMILES string of the molecule is CNS(=O)(=O)c1cccc(NC(=O)[C@@H](N)CC(C)C)c1C. The van der Waals surface area contributed by atoms with E-state index in [9.17, 15) is 13.2 Å². The highest BCUT2D eigenvalue weighted by molar-refractivity contribution is 7.89. The van der Waals surface area contributed by atoms with Gasteiger partial charge in [-0.2, -0.15) is 0 Å². The summed E-state index contributed by atoms with van der Waals surface area (Å²) >= 11 is 0. The summed E-state index contributed by atoms with van der Waals surface area (Å²) in [5, 5.41) is 2.70. The van der Waals surface area contributed by atoms with Gasteiger partial charge in [-0.05, 0) is 44.0 Å². The maximum absolute atomic E-state index is 12.0. The Kier molecular flexibility index (Phi) is 5.88. The molecule has 0 aliphatic heterocycles. The fourth-order valence-corrected chi connectivity index (χ4v) is 2.98. The quantitative estimate of drug-likeness (QED) is 0.735. The monoisotopic (exact) mass is 313 g/mol. The number of carbonyl (C=O) groups is 1. The van der Waals surface area contributed by atoms with E-state index in [2.05, 4.69) is 10.0 Å². The minimum atomic E-state index is -3.56. The van der Waals surface area contributed by atoms with Crippen molar-refractivity contribution >= 4 is 21.6 Å². The highest BCUT2D eigenvalue weighted by atomic mass is 32.2. The molecule has 0 radical (unpaired) electrons. The zero-order valence-electron chi connectivity index (χ0n) is 12.8. The third-order valence-corrected chi connectivity index (χ3v) is 4.72. The molecule has 7 heteroatoms. The van der Waals surface area contributed by atoms with Crippen molar-refractivity contribution in [2.24, 2.45) is 11.7 Å². The lowest BCUT2D eigenvalue weighted by Gasteiger charge is -2.16. The number of sulfonamides is 1. The number of hydrogen-bond acceptors (Lipinski definition) is 4. The summed E-state index contributed by atoms with van der Waals surface area (Å²) in [5.74, 6) is -0.00587. The molecule has 21 heavy (non-hydrogen) atoms. The lowest BCUT2D eigenvalue weighted by Crippen LogP contribution is -2.36. The van der Waals surface area contributed by atoms with Gasteiger partial charge in [0.25, 0.3) is 0 Å². The van der Waals surface area contributed by atoms with Crippen LogP contribution in [0.4, 0.5) is 5.69 Å². The van der Waals surface area contributed by atoms with Crippen molar-refractivity contribution in [2.75, 3.05) is 12.4 Å². The van der Waals surface area contributed by atoms with E-state index in [4.69, 9.17) is 5.73 Å². The smallest absolute Gasteiger partial charge is 0.241 e. The molecule has 0 bridgehead atoms. The Labute approximate surface area is 126 Å². The molecule has 1 atom stereocenters. The van der Waals surface area contributed by atoms with Crippen molar-refractivity contribution in [3.63, 3.8) is 0 Å². The van der Waals surface area contributed by atoms with E-state index in [-0.39, 0.29) is 10.8 Å². The molecule has 0 heterocycles. The van der Waals surface area contributed by atoms with E-state index < -0.39 is 16.1 Å². The van der Waals surface area contributed by atoms with E-state index in [1.807, 2.05) is 13.8 Å². The van der Waals surface area contributed by atoms with Gasteiger partial charge in [-0.3, -0.25) is 4.79 Å². The van der Waals surface area contributed by atoms with Crippen LogP contribution in [0.15, 0.2) is 23.1 Å². The van der Waals surface area contributed by atoms with Crippen LogP contribution in [0.25, 0.3) is 0 Å². The Morgan fingerprint density at radius 1 is 1.33 bits per heavy atom. The predicted octanol–water partition coefficient (Wildman–Crippen LogP) is 1.22. The highest BCUT2D eigenvalue weighted by Gasteiger charge is 2.19. The second-order valence-electron chi connectivity index (χ2n) is 5.36. The van der Waals surface area contributed by atoms with E-state index >= 15 is 0 Å². The van der Waals surface area contributed by atoms with Crippen LogP contribution in [-0.4, -0.2) is 27.4 Å². The molecular weight excluding hydrogens is 290 g/mol. The van der Waals surface area contributed by atoms with E-state index in [0.29, 0.717) is 23.6 Å². The van der Waals surface area contributed by atoms with Crippen molar-refractivity contribution in [1.29, 1.82) is 0 Å². The first-order chi connectivity index (χ1) is 9.69. The Morgan fingerprint density at radius 2 is 1.95 bits per heavy atom. The molecule has 0 aromatic heterocycles. The summed E-state index contributed by atoms with van der Waals surface area (Å²) in [4.78, 5) is 12.2. The molecule has 6 nitrogen and oxygen atoms in total. The Hall–Kier alpha value is -1.44. The van der Waals surface area contributed by atoms with Crippen LogP contribution in [0, 0.1) is 12.8 Å². The number of anilines is 1. The van der Waals surface area contributed by atoms with Gasteiger partial charge in [-0.15, -0.1) is 0 Å². The molecule has 118 valence electrons.